The number of rotatable bonds is 7. The van der Waals surface area contributed by atoms with E-state index >= 15 is 0 Å². The van der Waals surface area contributed by atoms with E-state index in [4.69, 9.17) is 24.8 Å². The van der Waals surface area contributed by atoms with E-state index in [1.807, 2.05) is 97.1 Å². The third kappa shape index (κ3) is 6.31. The number of hydrazone groups is 1. The van der Waals surface area contributed by atoms with Crippen LogP contribution >= 0.6 is 0 Å². The van der Waals surface area contributed by atoms with Crippen LogP contribution in [0.15, 0.2) is 198 Å². The van der Waals surface area contributed by atoms with E-state index in [-0.39, 0.29) is 0 Å². The Hall–Kier alpha value is -8.29. The van der Waals surface area contributed by atoms with Gasteiger partial charge in [0.15, 0.2) is 17.5 Å². The zero-order chi connectivity index (χ0) is 40.0. The summed E-state index contributed by atoms with van der Waals surface area (Å²) < 4.78 is 6.28. The van der Waals surface area contributed by atoms with Gasteiger partial charge in [0.05, 0.1) is 11.4 Å². The number of hydrogen-bond acceptors (Lipinski definition) is 7. The van der Waals surface area contributed by atoms with Crippen molar-refractivity contribution >= 4 is 55.9 Å². The number of allylic oxidation sites excluding steroid dienone is 1. The van der Waals surface area contributed by atoms with Crippen LogP contribution in [0.2, 0.25) is 0 Å². The van der Waals surface area contributed by atoms with Gasteiger partial charge in [0, 0.05) is 33.0 Å². The molecule has 2 heterocycles. The molecule has 0 saturated carbocycles. The van der Waals surface area contributed by atoms with Gasteiger partial charge in [0.1, 0.15) is 16.9 Å². The van der Waals surface area contributed by atoms with Crippen LogP contribution in [0.4, 0.5) is 5.69 Å². The second kappa shape index (κ2) is 14.6. The highest BCUT2D eigenvalue weighted by atomic mass is 16.3. The Morgan fingerprint density at radius 1 is 0.467 bits per heavy atom. The van der Waals surface area contributed by atoms with Gasteiger partial charge in [-0.15, -0.1) is 0 Å². The quantitative estimate of drug-likeness (QED) is 0.157. The largest absolute Gasteiger partial charge is 0.456 e. The maximum absolute atomic E-state index is 9.16. The molecule has 8 aromatic carbocycles. The summed E-state index contributed by atoms with van der Waals surface area (Å²) in [5.74, 6) is 1.71. The van der Waals surface area contributed by atoms with Crippen molar-refractivity contribution in [2.24, 2.45) is 5.10 Å². The van der Waals surface area contributed by atoms with Gasteiger partial charge in [-0.1, -0.05) is 146 Å². The summed E-state index contributed by atoms with van der Waals surface area (Å²) in [4.78, 5) is 15.5. The number of furan rings is 1. The predicted octanol–water partition coefficient (Wildman–Crippen LogP) is 13.1. The molecule has 60 heavy (non-hydrogen) atoms. The van der Waals surface area contributed by atoms with Crippen LogP contribution in [-0.4, -0.2) is 26.4 Å². The fourth-order valence-electron chi connectivity index (χ4n) is 8.08. The first-order valence-electron chi connectivity index (χ1n) is 19.8. The van der Waals surface area contributed by atoms with Crippen molar-refractivity contribution in [1.82, 2.24) is 15.0 Å². The number of aromatic nitrogens is 3. The molecular formula is C53H34N6O. The summed E-state index contributed by atoms with van der Waals surface area (Å²) in [5, 5.41) is 17.7. The molecule has 0 saturated heterocycles. The minimum atomic E-state index is 0.381. The maximum Gasteiger partial charge on any atom is 0.164 e. The molecular weight excluding hydrogens is 737 g/mol. The molecule has 0 spiro atoms. The number of anilines is 1. The van der Waals surface area contributed by atoms with Crippen molar-refractivity contribution in [3.05, 3.63) is 199 Å². The Kier molecular flexibility index (Phi) is 8.48. The van der Waals surface area contributed by atoms with E-state index < -0.39 is 0 Å². The zero-order valence-electron chi connectivity index (χ0n) is 32.2. The Morgan fingerprint density at radius 2 is 1.08 bits per heavy atom. The molecule has 1 aliphatic carbocycles. The van der Waals surface area contributed by atoms with Crippen molar-refractivity contribution in [3.63, 3.8) is 0 Å². The van der Waals surface area contributed by atoms with E-state index in [0.717, 1.165) is 88.5 Å². The Labute approximate surface area is 345 Å². The summed E-state index contributed by atoms with van der Waals surface area (Å²) in [5.41, 5.74) is 15.3. The highest BCUT2D eigenvalue weighted by molar-refractivity contribution is 6.55. The first-order valence-corrected chi connectivity index (χ1v) is 19.8. The van der Waals surface area contributed by atoms with Crippen molar-refractivity contribution in [2.75, 3.05) is 5.43 Å². The minimum absolute atomic E-state index is 0.381. The molecule has 0 bridgehead atoms. The molecule has 0 aliphatic heterocycles. The van der Waals surface area contributed by atoms with Gasteiger partial charge < -0.3 is 4.42 Å². The Balaban J connectivity index is 1.01. The second-order valence-corrected chi connectivity index (χ2v) is 14.8. The van der Waals surface area contributed by atoms with E-state index in [9.17, 15) is 0 Å². The van der Waals surface area contributed by atoms with Crippen LogP contribution in [0.25, 0.3) is 95.2 Å². The molecule has 0 unspecified atom stereocenters. The monoisotopic (exact) mass is 770 g/mol. The number of hydrogen-bond donors (Lipinski definition) is 2. The molecule has 10 aromatic rings. The lowest BCUT2D eigenvalue weighted by molar-refractivity contribution is 0.669. The number of benzene rings is 8. The van der Waals surface area contributed by atoms with E-state index in [0.29, 0.717) is 28.9 Å². The topological polar surface area (TPSA) is 100 Å². The highest BCUT2D eigenvalue weighted by Crippen LogP contribution is 2.38. The third-order valence-corrected chi connectivity index (χ3v) is 11.0. The summed E-state index contributed by atoms with van der Waals surface area (Å²) in [7, 11) is 0. The van der Waals surface area contributed by atoms with Gasteiger partial charge >= 0.3 is 0 Å². The number of fused-ring (bicyclic) bond motifs is 6. The van der Waals surface area contributed by atoms with Crippen molar-refractivity contribution in [3.8, 4) is 56.4 Å². The highest BCUT2D eigenvalue weighted by Gasteiger charge is 2.21. The minimum Gasteiger partial charge on any atom is -0.456 e. The Bertz CT molecular complexity index is 3370. The molecule has 2 aromatic heterocycles. The molecule has 7 nitrogen and oxygen atoms in total. The van der Waals surface area contributed by atoms with Gasteiger partial charge in [-0.05, 0) is 87.1 Å². The molecule has 282 valence electrons. The van der Waals surface area contributed by atoms with Crippen LogP contribution in [0.3, 0.4) is 0 Å². The maximum atomic E-state index is 9.16. The molecule has 11 rings (SSSR count). The lowest BCUT2D eigenvalue weighted by Gasteiger charge is -2.17. The van der Waals surface area contributed by atoms with E-state index in [1.54, 1.807) is 0 Å². The molecule has 7 heteroatoms. The number of nitrogens with zero attached hydrogens (tertiary/aromatic N) is 4. The van der Waals surface area contributed by atoms with E-state index in [2.05, 4.69) is 108 Å². The summed E-state index contributed by atoms with van der Waals surface area (Å²) >= 11 is 0. The van der Waals surface area contributed by atoms with Crippen molar-refractivity contribution in [2.45, 2.75) is 0 Å². The molecule has 2 N–H and O–H groups in total. The van der Waals surface area contributed by atoms with Crippen molar-refractivity contribution in [1.29, 1.82) is 5.41 Å². The van der Waals surface area contributed by atoms with Crippen LogP contribution in [-0.2, 0) is 0 Å². The molecule has 0 atom stereocenters. The van der Waals surface area contributed by atoms with Crippen LogP contribution in [0.5, 0.6) is 0 Å². The van der Waals surface area contributed by atoms with Gasteiger partial charge in [0.2, 0.25) is 0 Å². The SMILES string of the molecule is N=C1/C(=N\Nc2ccccc2)C=Cc2ccc3cc(-c4cccc(-c5nc(-c6cccc(-c7ccccc7)c6)nc(-c6cccc7oc8ccccc8c67)n5)c4)ccc3c21. The summed E-state index contributed by atoms with van der Waals surface area (Å²) in [6.07, 6.45) is 3.92. The fourth-order valence-corrected chi connectivity index (χ4v) is 8.08. The lowest BCUT2D eigenvalue weighted by atomic mass is 9.88. The summed E-state index contributed by atoms with van der Waals surface area (Å²) in [6.45, 7) is 0. The predicted molar refractivity (Wildman–Crippen MR) is 245 cm³/mol. The van der Waals surface area contributed by atoms with Gasteiger partial charge in [0.25, 0.3) is 0 Å². The van der Waals surface area contributed by atoms with Gasteiger partial charge in [-0.2, -0.15) is 5.10 Å². The first-order chi connectivity index (χ1) is 29.6. The van der Waals surface area contributed by atoms with Crippen molar-refractivity contribution < 1.29 is 4.42 Å². The lowest BCUT2D eigenvalue weighted by Crippen LogP contribution is -2.18. The van der Waals surface area contributed by atoms with E-state index in [1.165, 1.54) is 0 Å². The molecule has 0 amide bonds. The normalized spacial score (nSPS) is 13.0. The number of nitrogens with one attached hydrogen (secondary N) is 2. The molecule has 0 fully saturated rings. The zero-order valence-corrected chi connectivity index (χ0v) is 32.2. The smallest absolute Gasteiger partial charge is 0.164 e. The fraction of sp³-hybridized carbons (Fsp3) is 0. The second-order valence-electron chi connectivity index (χ2n) is 14.8. The average Bonchev–Trinajstić information content (AvgIpc) is 3.71. The first kappa shape index (κ1) is 34.9. The van der Waals surface area contributed by atoms with Crippen LogP contribution in [0.1, 0.15) is 11.1 Å². The molecule has 0 radical (unpaired) electrons. The average molecular weight is 771 g/mol. The Morgan fingerprint density at radius 3 is 1.87 bits per heavy atom. The number of para-hydroxylation sites is 2. The van der Waals surface area contributed by atoms with Gasteiger partial charge in [-0.25, -0.2) is 15.0 Å². The van der Waals surface area contributed by atoms with Gasteiger partial charge in [-0.3, -0.25) is 10.8 Å². The summed E-state index contributed by atoms with van der Waals surface area (Å²) in [6, 6.07) is 61.6. The van der Waals surface area contributed by atoms with Crippen LogP contribution < -0.4 is 5.43 Å². The third-order valence-electron chi connectivity index (χ3n) is 11.0. The van der Waals surface area contributed by atoms with Crippen LogP contribution in [0, 0.1) is 5.41 Å². The molecule has 1 aliphatic rings. The standard InChI is InChI=1S/C53H34N6O/c54-50-45(59-58-41-18-5-2-6-19-41)29-27-34-24-25-38-30-37(26-28-42(38)48(34)50)36-15-10-17-40(32-36)52-55-51(39-16-9-14-35(31-39)33-12-3-1-4-13-33)56-53(57-52)44-21-11-23-47-49(44)43-20-7-8-22-46(43)60-47/h1-32,54,58H/b54-50?,59-45-.